The van der Waals surface area contributed by atoms with Crippen molar-refractivity contribution in [1.82, 2.24) is 24.4 Å². The van der Waals surface area contributed by atoms with Crippen LogP contribution in [0.5, 0.6) is 17.2 Å². The number of rotatable bonds is 4. The van der Waals surface area contributed by atoms with Crippen LogP contribution in [0.4, 0.5) is 26.4 Å². The molecular formula is C33H34FN7O4. The fourth-order valence-electron chi connectivity index (χ4n) is 5.81. The number of piperazine rings is 1. The maximum absolute atomic E-state index is 15.7. The molecule has 2 aliphatic heterocycles. The SMILES string of the molecule is Cc1c(Oc2ccc3c(c2)ncn3C)ccc(Nc2ncnc3cc4c(cc23)N2CCN(C(=O)OC(C)(C)C)CC2CO4)c1F. The minimum absolute atomic E-state index is 0.0386. The highest BCUT2D eigenvalue weighted by molar-refractivity contribution is 5.95. The Bertz CT molecular complexity index is 1950. The van der Waals surface area contributed by atoms with Crippen molar-refractivity contribution < 1.29 is 23.4 Å². The number of fused-ring (bicyclic) bond motifs is 5. The highest BCUT2D eigenvalue weighted by Gasteiger charge is 2.36. The number of ether oxygens (including phenoxy) is 3. The summed E-state index contributed by atoms with van der Waals surface area (Å²) in [5.74, 6) is 1.70. The normalized spacial score (nSPS) is 16.3. The average Bonchev–Trinajstić information content (AvgIpc) is 3.38. The molecule has 5 aromatic rings. The zero-order valence-electron chi connectivity index (χ0n) is 25.8. The van der Waals surface area contributed by atoms with Gasteiger partial charge in [-0.25, -0.2) is 24.1 Å². The highest BCUT2D eigenvalue weighted by atomic mass is 19.1. The summed E-state index contributed by atoms with van der Waals surface area (Å²) in [6.07, 6.45) is 2.86. The van der Waals surface area contributed by atoms with E-state index in [9.17, 15) is 4.79 Å². The predicted octanol–water partition coefficient (Wildman–Crippen LogP) is 6.32. The minimum atomic E-state index is -0.563. The van der Waals surface area contributed by atoms with Crippen LogP contribution in [0, 0.1) is 12.7 Å². The average molecular weight is 612 g/mol. The van der Waals surface area contributed by atoms with Crippen molar-refractivity contribution in [2.75, 3.05) is 36.5 Å². The van der Waals surface area contributed by atoms with Gasteiger partial charge in [0.1, 0.15) is 41.6 Å². The number of imidazole rings is 1. The van der Waals surface area contributed by atoms with Gasteiger partial charge in [0.15, 0.2) is 5.82 Å². The van der Waals surface area contributed by atoms with E-state index in [1.807, 2.05) is 62.7 Å². The number of nitrogens with zero attached hydrogens (tertiary/aromatic N) is 6. The van der Waals surface area contributed by atoms with Crippen LogP contribution in [0.15, 0.2) is 55.1 Å². The molecule has 0 bridgehead atoms. The third kappa shape index (κ3) is 5.41. The summed E-state index contributed by atoms with van der Waals surface area (Å²) in [5, 5.41) is 3.89. The number of hydrogen-bond acceptors (Lipinski definition) is 9. The Labute approximate surface area is 259 Å². The van der Waals surface area contributed by atoms with Gasteiger partial charge in [0.2, 0.25) is 0 Å². The van der Waals surface area contributed by atoms with Gasteiger partial charge in [-0.05, 0) is 58.0 Å². The van der Waals surface area contributed by atoms with Gasteiger partial charge in [0.05, 0.1) is 40.3 Å². The molecule has 1 saturated heterocycles. The molecule has 3 aromatic carbocycles. The van der Waals surface area contributed by atoms with E-state index in [0.717, 1.165) is 22.1 Å². The van der Waals surface area contributed by atoms with Crippen LogP contribution in [-0.4, -0.2) is 68.4 Å². The van der Waals surface area contributed by atoms with E-state index in [4.69, 9.17) is 14.2 Å². The van der Waals surface area contributed by atoms with Crippen molar-refractivity contribution in [3.8, 4) is 17.2 Å². The lowest BCUT2D eigenvalue weighted by Crippen LogP contribution is -2.59. The summed E-state index contributed by atoms with van der Waals surface area (Å²) in [7, 11) is 1.93. The van der Waals surface area contributed by atoms with Crippen LogP contribution in [0.2, 0.25) is 0 Å². The smallest absolute Gasteiger partial charge is 0.410 e. The molecular weight excluding hydrogens is 577 g/mol. The second-order valence-corrected chi connectivity index (χ2v) is 12.4. The first-order valence-electron chi connectivity index (χ1n) is 14.9. The molecule has 1 amide bonds. The number of amides is 1. The van der Waals surface area contributed by atoms with Gasteiger partial charge >= 0.3 is 6.09 Å². The van der Waals surface area contributed by atoms with Crippen LogP contribution in [-0.2, 0) is 11.8 Å². The number of aromatic nitrogens is 4. The molecule has 0 radical (unpaired) electrons. The number of carbonyl (C=O) groups excluding carboxylic acids is 1. The first-order chi connectivity index (χ1) is 21.5. The number of aryl methyl sites for hydroxylation is 1. The minimum Gasteiger partial charge on any atom is -0.489 e. The number of benzene rings is 3. The Morgan fingerprint density at radius 3 is 2.73 bits per heavy atom. The summed E-state index contributed by atoms with van der Waals surface area (Å²) >= 11 is 0. The van der Waals surface area contributed by atoms with Crippen LogP contribution in [0.3, 0.4) is 0 Å². The van der Waals surface area contributed by atoms with Crippen molar-refractivity contribution in [3.05, 3.63) is 66.5 Å². The summed E-state index contributed by atoms with van der Waals surface area (Å²) < 4.78 is 35.4. The standard InChI is InChI=1S/C33H34FN7O4/c1-19-28(44-21-6-8-26-25(12-21)37-18-39(26)5)9-7-23(30(19)34)38-31-22-13-27-29(14-24(22)35-17-36-31)43-16-20-15-40(10-11-41(20)27)32(42)45-33(2,3)4/h6-9,12-14,17-18,20H,10-11,15-16H2,1-5H3,(H,35,36,38). The van der Waals surface area contributed by atoms with E-state index in [1.165, 1.54) is 6.33 Å². The van der Waals surface area contributed by atoms with E-state index in [2.05, 4.69) is 25.2 Å². The molecule has 1 unspecified atom stereocenters. The lowest BCUT2D eigenvalue weighted by molar-refractivity contribution is 0.0195. The highest BCUT2D eigenvalue weighted by Crippen LogP contribution is 2.40. The van der Waals surface area contributed by atoms with Gasteiger partial charge in [-0.1, -0.05) is 0 Å². The van der Waals surface area contributed by atoms with Crippen LogP contribution < -0.4 is 19.7 Å². The number of hydrogen-bond donors (Lipinski definition) is 1. The molecule has 45 heavy (non-hydrogen) atoms. The van der Waals surface area contributed by atoms with Crippen LogP contribution in [0.25, 0.3) is 21.9 Å². The van der Waals surface area contributed by atoms with Crippen LogP contribution >= 0.6 is 0 Å². The maximum atomic E-state index is 15.7. The first kappa shape index (κ1) is 28.6. The molecule has 1 fully saturated rings. The molecule has 1 atom stereocenters. The first-order valence-corrected chi connectivity index (χ1v) is 14.9. The predicted molar refractivity (Wildman–Crippen MR) is 169 cm³/mol. The van der Waals surface area contributed by atoms with Crippen molar-refractivity contribution in [2.24, 2.45) is 7.05 Å². The van der Waals surface area contributed by atoms with E-state index in [0.29, 0.717) is 60.4 Å². The summed E-state index contributed by atoms with van der Waals surface area (Å²) in [6.45, 7) is 9.31. The number of carbonyl (C=O) groups is 1. The van der Waals surface area contributed by atoms with E-state index >= 15 is 4.39 Å². The largest absolute Gasteiger partial charge is 0.489 e. The number of halogens is 1. The molecule has 2 aromatic heterocycles. The zero-order chi connectivity index (χ0) is 31.5. The van der Waals surface area contributed by atoms with E-state index in [-0.39, 0.29) is 17.8 Å². The summed E-state index contributed by atoms with van der Waals surface area (Å²) in [5.41, 5.74) is 3.38. The molecule has 4 heterocycles. The van der Waals surface area contributed by atoms with Crippen molar-refractivity contribution in [1.29, 1.82) is 0 Å². The molecule has 1 N–H and O–H groups in total. The lowest BCUT2D eigenvalue weighted by atomic mass is 10.1. The second-order valence-electron chi connectivity index (χ2n) is 12.4. The number of nitrogens with one attached hydrogen (secondary N) is 1. The Morgan fingerprint density at radius 2 is 1.91 bits per heavy atom. The van der Waals surface area contributed by atoms with Gasteiger partial charge in [0.25, 0.3) is 0 Å². The summed E-state index contributed by atoms with van der Waals surface area (Å²) in [4.78, 5) is 30.0. The summed E-state index contributed by atoms with van der Waals surface area (Å²) in [6, 6.07) is 12.8. The fraction of sp³-hybridized carbons (Fsp3) is 0.333. The maximum Gasteiger partial charge on any atom is 0.410 e. The Kier molecular flexibility index (Phi) is 6.87. The molecule has 0 spiro atoms. The Morgan fingerprint density at radius 1 is 1.07 bits per heavy atom. The molecule has 2 aliphatic rings. The Hall–Kier alpha value is -5.13. The molecule has 7 rings (SSSR count). The monoisotopic (exact) mass is 611 g/mol. The van der Waals surface area contributed by atoms with Crippen molar-refractivity contribution >= 4 is 45.2 Å². The lowest BCUT2D eigenvalue weighted by Gasteiger charge is -2.45. The van der Waals surface area contributed by atoms with Gasteiger partial charge < -0.3 is 33.9 Å². The fourth-order valence-corrected chi connectivity index (χ4v) is 5.81. The second kappa shape index (κ2) is 10.8. The molecule has 12 heteroatoms. The zero-order valence-corrected chi connectivity index (χ0v) is 25.8. The molecule has 232 valence electrons. The van der Waals surface area contributed by atoms with E-state index < -0.39 is 11.4 Å². The Balaban J connectivity index is 1.13. The van der Waals surface area contributed by atoms with Gasteiger partial charge in [-0.2, -0.15) is 0 Å². The third-order valence-electron chi connectivity index (χ3n) is 8.11. The van der Waals surface area contributed by atoms with Gasteiger partial charge in [0, 0.05) is 49.8 Å². The van der Waals surface area contributed by atoms with Crippen molar-refractivity contribution in [3.63, 3.8) is 0 Å². The van der Waals surface area contributed by atoms with Crippen LogP contribution in [0.1, 0.15) is 26.3 Å². The molecule has 11 nitrogen and oxygen atoms in total. The quantitative estimate of drug-likeness (QED) is 0.250. The topological polar surface area (TPSA) is 107 Å². The number of anilines is 3. The van der Waals surface area contributed by atoms with Gasteiger partial charge in [-0.15, -0.1) is 0 Å². The molecule has 0 saturated carbocycles. The van der Waals surface area contributed by atoms with E-state index in [1.54, 1.807) is 30.3 Å². The third-order valence-corrected chi connectivity index (χ3v) is 8.11. The van der Waals surface area contributed by atoms with Gasteiger partial charge in [-0.3, -0.25) is 0 Å². The molecule has 0 aliphatic carbocycles. The van der Waals surface area contributed by atoms with Crippen molar-refractivity contribution in [2.45, 2.75) is 39.3 Å².